The Morgan fingerprint density at radius 3 is 2.59 bits per heavy atom. The zero-order valence-electron chi connectivity index (χ0n) is 19.8. The zero-order chi connectivity index (χ0) is 21.7. The quantitative estimate of drug-likeness (QED) is 0.329. The number of guanidine groups is 1. The molecule has 0 amide bonds. The van der Waals surface area contributed by atoms with Crippen LogP contribution in [0.5, 0.6) is 0 Å². The van der Waals surface area contributed by atoms with Crippen molar-refractivity contribution in [2.75, 3.05) is 66.6 Å². The van der Waals surface area contributed by atoms with Gasteiger partial charge < -0.3 is 24.6 Å². The first-order valence-corrected chi connectivity index (χ1v) is 11.8. The summed E-state index contributed by atoms with van der Waals surface area (Å²) in [6.45, 7) is 10.1. The lowest BCUT2D eigenvalue weighted by Gasteiger charge is -2.42. The lowest BCUT2D eigenvalue weighted by atomic mass is 9.89. The molecule has 0 spiro atoms. The highest BCUT2D eigenvalue weighted by atomic mass is 127. The Bertz CT molecular complexity index is 726. The van der Waals surface area contributed by atoms with Gasteiger partial charge in [0.05, 0.1) is 25.3 Å². The molecule has 8 heteroatoms. The molecule has 2 atom stereocenters. The Kier molecular flexibility index (Phi) is 9.60. The minimum absolute atomic E-state index is 0. The Balaban J connectivity index is 0.00000289. The van der Waals surface area contributed by atoms with Gasteiger partial charge in [-0.25, -0.2) is 0 Å². The first-order valence-electron chi connectivity index (χ1n) is 11.8. The number of nitrogens with zero attached hydrogens (tertiary/aromatic N) is 4. The van der Waals surface area contributed by atoms with Gasteiger partial charge in [-0.3, -0.25) is 9.89 Å². The standard InChI is InChI=1S/C24H39N5O2.HI/c1-4-25-23(26-19-24(27(2)3)10-13-30-14-11-24)29-17-21-22(18-29)31-15-12-28(21)16-20-8-6-5-7-9-20;/h5-9,21-22H,4,10-19H2,1-3H3,(H,25,26);1H. The smallest absolute Gasteiger partial charge is 0.194 e. The number of hydrogen-bond donors (Lipinski definition) is 1. The maximum Gasteiger partial charge on any atom is 0.194 e. The maximum atomic E-state index is 6.19. The van der Waals surface area contributed by atoms with Crippen molar-refractivity contribution in [3.05, 3.63) is 35.9 Å². The molecule has 2 unspecified atom stereocenters. The number of halogens is 1. The Morgan fingerprint density at radius 1 is 1.16 bits per heavy atom. The van der Waals surface area contributed by atoms with Crippen LogP contribution < -0.4 is 5.32 Å². The van der Waals surface area contributed by atoms with Crippen LogP contribution in [0.25, 0.3) is 0 Å². The summed E-state index contributed by atoms with van der Waals surface area (Å²) in [4.78, 5) is 12.5. The molecule has 0 aliphatic carbocycles. The highest BCUT2D eigenvalue weighted by molar-refractivity contribution is 14.0. The molecule has 180 valence electrons. The molecule has 3 fully saturated rings. The van der Waals surface area contributed by atoms with Crippen molar-refractivity contribution >= 4 is 29.9 Å². The molecule has 1 aromatic rings. The second-order valence-electron chi connectivity index (χ2n) is 9.24. The van der Waals surface area contributed by atoms with Gasteiger partial charge in [0.1, 0.15) is 0 Å². The molecule has 0 radical (unpaired) electrons. The van der Waals surface area contributed by atoms with Gasteiger partial charge in [0.25, 0.3) is 0 Å². The number of aliphatic imine (C=N–C) groups is 1. The summed E-state index contributed by atoms with van der Waals surface area (Å²) in [5.41, 5.74) is 1.45. The van der Waals surface area contributed by atoms with E-state index in [-0.39, 0.29) is 35.6 Å². The molecule has 0 bridgehead atoms. The Hall–Kier alpha value is -0.940. The number of fused-ring (bicyclic) bond motifs is 1. The third-order valence-corrected chi connectivity index (χ3v) is 7.17. The average molecular weight is 558 g/mol. The Labute approximate surface area is 210 Å². The summed E-state index contributed by atoms with van der Waals surface area (Å²) in [7, 11) is 4.35. The summed E-state index contributed by atoms with van der Waals surface area (Å²) >= 11 is 0. The minimum atomic E-state index is 0. The molecule has 3 heterocycles. The van der Waals surface area contributed by atoms with E-state index in [1.54, 1.807) is 0 Å². The lowest BCUT2D eigenvalue weighted by molar-refractivity contribution is -0.0502. The van der Waals surface area contributed by atoms with E-state index in [1.807, 2.05) is 0 Å². The zero-order valence-corrected chi connectivity index (χ0v) is 22.2. The monoisotopic (exact) mass is 557 g/mol. The highest BCUT2D eigenvalue weighted by Gasteiger charge is 2.41. The summed E-state index contributed by atoms with van der Waals surface area (Å²) in [5.74, 6) is 1.02. The van der Waals surface area contributed by atoms with Gasteiger partial charge >= 0.3 is 0 Å². The van der Waals surface area contributed by atoms with E-state index < -0.39 is 0 Å². The molecule has 32 heavy (non-hydrogen) atoms. The summed E-state index contributed by atoms with van der Waals surface area (Å²) in [6.07, 6.45) is 2.30. The van der Waals surface area contributed by atoms with Crippen molar-refractivity contribution < 1.29 is 9.47 Å². The highest BCUT2D eigenvalue weighted by Crippen LogP contribution is 2.28. The molecule has 7 nitrogen and oxygen atoms in total. The third-order valence-electron chi connectivity index (χ3n) is 7.17. The fourth-order valence-electron chi connectivity index (χ4n) is 5.09. The molecule has 3 aliphatic heterocycles. The van der Waals surface area contributed by atoms with E-state index in [1.165, 1.54) is 5.56 Å². The van der Waals surface area contributed by atoms with E-state index in [0.29, 0.717) is 6.04 Å². The van der Waals surface area contributed by atoms with Crippen molar-refractivity contribution in [1.29, 1.82) is 0 Å². The van der Waals surface area contributed by atoms with Crippen molar-refractivity contribution in [3.63, 3.8) is 0 Å². The molecule has 3 saturated heterocycles. The average Bonchev–Trinajstić information content (AvgIpc) is 3.23. The fraction of sp³-hybridized carbons (Fsp3) is 0.708. The van der Waals surface area contributed by atoms with Gasteiger partial charge in [0.15, 0.2) is 5.96 Å². The van der Waals surface area contributed by atoms with E-state index in [9.17, 15) is 0 Å². The molecule has 3 aliphatic rings. The van der Waals surface area contributed by atoms with Crippen LogP contribution in [0, 0.1) is 0 Å². The molecule has 4 rings (SSSR count). The van der Waals surface area contributed by atoms with Crippen molar-refractivity contribution in [2.45, 2.75) is 44.0 Å². The van der Waals surface area contributed by atoms with Gasteiger partial charge in [-0.1, -0.05) is 30.3 Å². The first-order chi connectivity index (χ1) is 15.1. The molecular weight excluding hydrogens is 517 g/mol. The van der Waals surface area contributed by atoms with Gasteiger partial charge in [0, 0.05) is 51.5 Å². The van der Waals surface area contributed by atoms with Crippen LogP contribution in [0.1, 0.15) is 25.3 Å². The lowest BCUT2D eigenvalue weighted by Crippen LogP contribution is -2.52. The summed E-state index contributed by atoms with van der Waals surface area (Å²) in [5, 5.41) is 3.55. The number of morpholine rings is 1. The van der Waals surface area contributed by atoms with Crippen LogP contribution in [0.3, 0.4) is 0 Å². The SMILES string of the molecule is CCNC(=NCC1(N(C)C)CCOCC1)N1CC2OCCN(Cc3ccccc3)C2C1.I. The van der Waals surface area contributed by atoms with Crippen LogP contribution in [0.4, 0.5) is 0 Å². The van der Waals surface area contributed by atoms with Gasteiger partial charge in [-0.05, 0) is 39.4 Å². The van der Waals surface area contributed by atoms with Crippen LogP contribution in [-0.4, -0.2) is 105 Å². The third kappa shape index (κ3) is 5.94. The number of hydrogen-bond acceptors (Lipinski definition) is 5. The van der Waals surface area contributed by atoms with Crippen LogP contribution in [0.2, 0.25) is 0 Å². The van der Waals surface area contributed by atoms with Gasteiger partial charge in [-0.15, -0.1) is 24.0 Å². The van der Waals surface area contributed by atoms with E-state index in [2.05, 4.69) is 71.4 Å². The topological polar surface area (TPSA) is 52.6 Å². The maximum absolute atomic E-state index is 6.19. The number of likely N-dealkylation sites (N-methyl/N-ethyl adjacent to an activating group) is 1. The molecule has 0 saturated carbocycles. The molecular formula is C24H40IN5O2. The van der Waals surface area contributed by atoms with Crippen molar-refractivity contribution in [1.82, 2.24) is 20.0 Å². The second kappa shape index (κ2) is 12.0. The predicted octanol–water partition coefficient (Wildman–Crippen LogP) is 2.27. The van der Waals surface area contributed by atoms with Crippen LogP contribution >= 0.6 is 24.0 Å². The normalized spacial score (nSPS) is 26.0. The predicted molar refractivity (Wildman–Crippen MR) is 140 cm³/mol. The number of benzene rings is 1. The van der Waals surface area contributed by atoms with Gasteiger partial charge in [0.2, 0.25) is 0 Å². The minimum Gasteiger partial charge on any atom is -0.381 e. The number of nitrogens with one attached hydrogen (secondary N) is 1. The van der Waals surface area contributed by atoms with E-state index >= 15 is 0 Å². The number of likely N-dealkylation sites (tertiary alicyclic amines) is 1. The van der Waals surface area contributed by atoms with Crippen molar-refractivity contribution in [3.8, 4) is 0 Å². The van der Waals surface area contributed by atoms with Crippen LogP contribution in [-0.2, 0) is 16.0 Å². The molecule has 0 aromatic heterocycles. The molecule has 1 aromatic carbocycles. The van der Waals surface area contributed by atoms with Crippen LogP contribution in [0.15, 0.2) is 35.3 Å². The Morgan fingerprint density at radius 2 is 1.91 bits per heavy atom. The molecule has 1 N–H and O–H groups in total. The first kappa shape index (κ1) is 25.7. The van der Waals surface area contributed by atoms with Gasteiger partial charge in [-0.2, -0.15) is 0 Å². The van der Waals surface area contributed by atoms with E-state index in [4.69, 9.17) is 14.5 Å². The second-order valence-corrected chi connectivity index (χ2v) is 9.24. The number of rotatable bonds is 6. The summed E-state index contributed by atoms with van der Waals surface area (Å²) in [6, 6.07) is 11.2. The number of ether oxygens (including phenoxy) is 2. The largest absolute Gasteiger partial charge is 0.381 e. The van der Waals surface area contributed by atoms with Crippen molar-refractivity contribution in [2.24, 2.45) is 4.99 Å². The summed E-state index contributed by atoms with van der Waals surface area (Å²) < 4.78 is 11.8. The van der Waals surface area contributed by atoms with E-state index in [0.717, 1.165) is 77.9 Å². The fourth-order valence-corrected chi connectivity index (χ4v) is 5.09.